The van der Waals surface area contributed by atoms with Crippen molar-refractivity contribution in [2.75, 3.05) is 44.4 Å². The number of morpholine rings is 1. The van der Waals surface area contributed by atoms with Crippen LogP contribution in [0.2, 0.25) is 10.0 Å². The molecule has 276 valence electrons. The van der Waals surface area contributed by atoms with E-state index in [1.54, 1.807) is 0 Å². The summed E-state index contributed by atoms with van der Waals surface area (Å²) in [4.78, 5) is 31.0. The molecule has 6 rings (SSSR count). The Balaban J connectivity index is 1.42. The summed E-state index contributed by atoms with van der Waals surface area (Å²) in [6.45, 7) is -0.130. The van der Waals surface area contributed by atoms with Gasteiger partial charge in [0, 0.05) is 34.4 Å². The highest BCUT2D eigenvalue weighted by Gasteiger charge is 2.52. The first-order valence-electron chi connectivity index (χ1n) is 16.4. The van der Waals surface area contributed by atoms with Gasteiger partial charge in [-0.15, -0.1) is 5.10 Å². The SMILES string of the molecule is O=C(COC1C(C(=O)N(c2cc(Cl)cc(Cl)c2)[C@H]2CCCC[C@@H]2O)OC(CO)C(O)C1n1cc(-c2cc(F)c(F)c(F)c2)nn1)N1CCOCC1. The average molecular weight is 759 g/mol. The van der Waals surface area contributed by atoms with Crippen LogP contribution in [0.15, 0.2) is 36.5 Å². The summed E-state index contributed by atoms with van der Waals surface area (Å²) in [5, 5.41) is 41.4. The summed E-state index contributed by atoms with van der Waals surface area (Å²) >= 11 is 12.7. The summed E-state index contributed by atoms with van der Waals surface area (Å²) < 4.78 is 60.6. The summed E-state index contributed by atoms with van der Waals surface area (Å²) in [6, 6.07) is 3.74. The number of nitrogens with zero attached hydrogens (tertiary/aromatic N) is 5. The molecule has 1 aliphatic carbocycles. The number of aliphatic hydroxyl groups excluding tert-OH is 3. The number of halogens is 5. The molecule has 2 aliphatic heterocycles. The number of hydrogen-bond acceptors (Lipinski definition) is 10. The number of amides is 2. The Bertz CT molecular complexity index is 1690. The fourth-order valence-corrected chi connectivity index (χ4v) is 7.32. The molecule has 18 heteroatoms. The number of aliphatic hydroxyl groups is 3. The van der Waals surface area contributed by atoms with Crippen molar-refractivity contribution >= 4 is 40.7 Å². The normalized spacial score (nSPS) is 27.0. The van der Waals surface area contributed by atoms with Gasteiger partial charge in [0.05, 0.1) is 38.2 Å². The second kappa shape index (κ2) is 16.1. The molecule has 3 heterocycles. The number of anilines is 1. The van der Waals surface area contributed by atoms with E-state index in [1.165, 1.54) is 34.2 Å². The minimum atomic E-state index is -1.68. The Morgan fingerprint density at radius 3 is 2.31 bits per heavy atom. The van der Waals surface area contributed by atoms with Gasteiger partial charge < -0.3 is 39.3 Å². The first-order chi connectivity index (χ1) is 24.5. The fraction of sp³-hybridized carbons (Fsp3) is 0.515. The van der Waals surface area contributed by atoms with Crippen LogP contribution in [0.4, 0.5) is 18.9 Å². The van der Waals surface area contributed by atoms with Crippen LogP contribution < -0.4 is 4.90 Å². The highest BCUT2D eigenvalue weighted by atomic mass is 35.5. The van der Waals surface area contributed by atoms with E-state index >= 15 is 0 Å². The second-order valence-electron chi connectivity index (χ2n) is 12.6. The number of benzene rings is 2. The Morgan fingerprint density at radius 2 is 1.67 bits per heavy atom. The third kappa shape index (κ3) is 8.03. The van der Waals surface area contributed by atoms with E-state index in [-0.39, 0.29) is 27.0 Å². The smallest absolute Gasteiger partial charge is 0.259 e. The van der Waals surface area contributed by atoms with Crippen LogP contribution in [0.25, 0.3) is 11.3 Å². The van der Waals surface area contributed by atoms with E-state index in [2.05, 4.69) is 10.3 Å². The quantitative estimate of drug-likeness (QED) is 0.277. The molecule has 3 aliphatic rings. The van der Waals surface area contributed by atoms with Gasteiger partial charge in [-0.2, -0.15) is 0 Å². The molecule has 2 aromatic carbocycles. The maximum atomic E-state index is 14.9. The Kier molecular flexibility index (Phi) is 11.8. The lowest BCUT2D eigenvalue weighted by Gasteiger charge is -2.46. The number of carbonyl (C=O) groups excluding carboxylic acids is 2. The zero-order chi connectivity index (χ0) is 36.4. The van der Waals surface area contributed by atoms with Gasteiger partial charge in [0.1, 0.15) is 36.7 Å². The molecular weight excluding hydrogens is 722 g/mol. The van der Waals surface area contributed by atoms with Gasteiger partial charge in [0.15, 0.2) is 23.6 Å². The Labute approximate surface area is 300 Å². The first-order valence-corrected chi connectivity index (χ1v) is 17.2. The van der Waals surface area contributed by atoms with Crippen molar-refractivity contribution < 1.29 is 52.3 Å². The van der Waals surface area contributed by atoms with Gasteiger partial charge in [0.25, 0.3) is 5.91 Å². The number of aromatic nitrogens is 3. The molecular formula is C33H36Cl2F3N5O8. The molecule has 3 aromatic rings. The maximum absolute atomic E-state index is 14.9. The zero-order valence-corrected chi connectivity index (χ0v) is 28.6. The molecule has 0 spiro atoms. The number of carbonyl (C=O) groups is 2. The minimum Gasteiger partial charge on any atom is -0.394 e. The molecule has 0 radical (unpaired) electrons. The van der Waals surface area contributed by atoms with Gasteiger partial charge in [-0.1, -0.05) is 41.3 Å². The molecule has 13 nitrogen and oxygen atoms in total. The molecule has 3 fully saturated rings. The highest BCUT2D eigenvalue weighted by Crippen LogP contribution is 2.38. The van der Waals surface area contributed by atoms with Gasteiger partial charge in [-0.3, -0.25) is 9.59 Å². The van der Waals surface area contributed by atoms with E-state index in [0.29, 0.717) is 57.7 Å². The van der Waals surface area contributed by atoms with Crippen molar-refractivity contribution in [2.24, 2.45) is 0 Å². The molecule has 3 N–H and O–H groups in total. The van der Waals surface area contributed by atoms with Crippen LogP contribution in [-0.2, 0) is 23.8 Å². The van der Waals surface area contributed by atoms with Crippen molar-refractivity contribution in [3.63, 3.8) is 0 Å². The van der Waals surface area contributed by atoms with Crippen LogP contribution in [0.1, 0.15) is 31.7 Å². The fourth-order valence-electron chi connectivity index (χ4n) is 6.80. The standard InChI is InChI=1S/C33H36Cl2F3N5O8/c34-18-11-19(35)13-20(12-18)43(24-3-1-2-4-25(24)45)33(48)32-31(50-16-27(46)41-5-7-49-8-6-41)29(30(47)26(15-44)51-32)42-14-23(39-40-42)17-9-21(36)28(38)22(37)10-17/h9-14,24-26,29-32,44-45,47H,1-8,15-16H2/t24-,25-,26?,29?,30?,31?,32?/m0/s1. The van der Waals surface area contributed by atoms with Crippen molar-refractivity contribution in [3.05, 3.63) is 64.0 Å². The van der Waals surface area contributed by atoms with Gasteiger partial charge >= 0.3 is 0 Å². The van der Waals surface area contributed by atoms with Crippen LogP contribution in [0.5, 0.6) is 0 Å². The first kappa shape index (κ1) is 37.4. The van der Waals surface area contributed by atoms with Crippen LogP contribution in [0.3, 0.4) is 0 Å². The third-order valence-corrected chi connectivity index (χ3v) is 9.79. The molecule has 51 heavy (non-hydrogen) atoms. The lowest BCUT2D eigenvalue weighted by molar-refractivity contribution is -0.217. The van der Waals surface area contributed by atoms with Crippen LogP contribution >= 0.6 is 23.2 Å². The summed E-state index contributed by atoms with van der Waals surface area (Å²) in [7, 11) is 0. The summed E-state index contributed by atoms with van der Waals surface area (Å²) in [5.74, 6) is -5.82. The maximum Gasteiger partial charge on any atom is 0.259 e. The zero-order valence-electron chi connectivity index (χ0n) is 27.1. The van der Waals surface area contributed by atoms with Crippen molar-refractivity contribution in [1.29, 1.82) is 0 Å². The number of hydrogen-bond donors (Lipinski definition) is 3. The second-order valence-corrected chi connectivity index (χ2v) is 13.5. The van der Waals surface area contributed by atoms with Crippen LogP contribution in [0, 0.1) is 17.5 Å². The molecule has 2 saturated heterocycles. The predicted molar refractivity (Wildman–Crippen MR) is 175 cm³/mol. The predicted octanol–water partition coefficient (Wildman–Crippen LogP) is 2.91. The largest absolute Gasteiger partial charge is 0.394 e. The molecule has 2 amide bonds. The van der Waals surface area contributed by atoms with E-state index in [1.807, 2.05) is 0 Å². The molecule has 0 bridgehead atoms. The minimum absolute atomic E-state index is 0.126. The molecule has 5 unspecified atom stereocenters. The van der Waals surface area contributed by atoms with Crippen molar-refractivity contribution in [3.8, 4) is 11.3 Å². The molecule has 1 aromatic heterocycles. The van der Waals surface area contributed by atoms with Gasteiger partial charge in [0.2, 0.25) is 5.91 Å². The average Bonchev–Trinajstić information content (AvgIpc) is 3.60. The Hall–Kier alpha value is -3.35. The lowest BCUT2D eigenvalue weighted by atomic mass is 9.88. The van der Waals surface area contributed by atoms with E-state index in [9.17, 15) is 38.1 Å². The van der Waals surface area contributed by atoms with Gasteiger partial charge in [-0.25, -0.2) is 17.9 Å². The third-order valence-electron chi connectivity index (χ3n) is 9.36. The molecule has 1 saturated carbocycles. The molecule has 7 atom stereocenters. The highest BCUT2D eigenvalue weighted by molar-refractivity contribution is 6.35. The van der Waals surface area contributed by atoms with Crippen molar-refractivity contribution in [2.45, 2.75) is 68.3 Å². The topological polar surface area (TPSA) is 160 Å². The summed E-state index contributed by atoms with van der Waals surface area (Å²) in [5.41, 5.74) is -0.0683. The summed E-state index contributed by atoms with van der Waals surface area (Å²) in [6.07, 6.45) is -3.73. The Morgan fingerprint density at radius 1 is 1.00 bits per heavy atom. The lowest BCUT2D eigenvalue weighted by Crippen LogP contribution is -2.63. The van der Waals surface area contributed by atoms with E-state index < -0.39 is 85.1 Å². The monoisotopic (exact) mass is 757 g/mol. The van der Waals surface area contributed by atoms with E-state index in [4.69, 9.17) is 37.4 Å². The number of ether oxygens (including phenoxy) is 3. The van der Waals surface area contributed by atoms with E-state index in [0.717, 1.165) is 11.1 Å². The van der Waals surface area contributed by atoms with Crippen LogP contribution in [-0.4, -0.2) is 123 Å². The van der Waals surface area contributed by atoms with Crippen molar-refractivity contribution in [1.82, 2.24) is 19.9 Å². The van der Waals surface area contributed by atoms with Gasteiger partial charge in [-0.05, 0) is 43.2 Å². The number of rotatable bonds is 9.